The van der Waals surface area contributed by atoms with Crippen LogP contribution in [0.3, 0.4) is 0 Å². The van der Waals surface area contributed by atoms with Gasteiger partial charge in [0.25, 0.3) is 5.56 Å². The highest BCUT2D eigenvalue weighted by Gasteiger charge is 2.27. The van der Waals surface area contributed by atoms with Crippen LogP contribution in [-0.4, -0.2) is 46.8 Å². The van der Waals surface area contributed by atoms with E-state index in [4.69, 9.17) is 11.6 Å². The number of amides is 1. The fourth-order valence-electron chi connectivity index (χ4n) is 2.90. The molecule has 0 aliphatic carbocycles. The second-order valence-corrected chi connectivity index (χ2v) is 6.30. The van der Waals surface area contributed by atoms with Gasteiger partial charge in [0.15, 0.2) is 0 Å². The van der Waals surface area contributed by atoms with Gasteiger partial charge in [0.05, 0.1) is 5.02 Å². The molecule has 1 aliphatic heterocycles. The molecule has 0 N–H and O–H groups in total. The molecule has 1 aliphatic rings. The summed E-state index contributed by atoms with van der Waals surface area (Å²) in [5.74, 6) is -0.591. The Morgan fingerprint density at radius 2 is 1.96 bits per heavy atom. The van der Waals surface area contributed by atoms with Crippen molar-refractivity contribution in [3.05, 3.63) is 57.7 Å². The summed E-state index contributed by atoms with van der Waals surface area (Å²) < 4.78 is 14.5. The smallest absolute Gasteiger partial charge is 0.267 e. The van der Waals surface area contributed by atoms with Crippen LogP contribution in [0.15, 0.2) is 41.3 Å². The number of aromatic nitrogens is 2. The third-order valence-electron chi connectivity index (χ3n) is 4.33. The van der Waals surface area contributed by atoms with Gasteiger partial charge in [-0.05, 0) is 31.2 Å². The predicted molar refractivity (Wildman–Crippen MR) is 93.4 cm³/mol. The van der Waals surface area contributed by atoms with Crippen LogP contribution in [0.1, 0.15) is 13.0 Å². The lowest BCUT2D eigenvalue weighted by molar-refractivity contribution is -0.135. The average Bonchev–Trinajstić information content (AvgIpc) is 2.63. The van der Waals surface area contributed by atoms with Crippen molar-refractivity contribution in [2.45, 2.75) is 13.0 Å². The molecular formula is C17H18ClFN4O2. The number of anilines is 1. The number of benzene rings is 1. The zero-order valence-corrected chi connectivity index (χ0v) is 14.5. The van der Waals surface area contributed by atoms with Gasteiger partial charge >= 0.3 is 0 Å². The van der Waals surface area contributed by atoms with E-state index in [0.29, 0.717) is 26.2 Å². The Hall–Kier alpha value is -2.41. The monoisotopic (exact) mass is 364 g/mol. The molecule has 0 spiro atoms. The summed E-state index contributed by atoms with van der Waals surface area (Å²) in [5, 5.41) is 4.05. The number of carbonyl (C=O) groups is 1. The lowest BCUT2D eigenvalue weighted by Gasteiger charge is -2.37. The number of piperazine rings is 1. The molecule has 0 radical (unpaired) electrons. The van der Waals surface area contributed by atoms with Crippen molar-refractivity contribution < 1.29 is 9.18 Å². The van der Waals surface area contributed by atoms with Crippen molar-refractivity contribution in [2.24, 2.45) is 0 Å². The molecule has 25 heavy (non-hydrogen) atoms. The van der Waals surface area contributed by atoms with E-state index in [0.717, 1.165) is 5.69 Å². The van der Waals surface area contributed by atoms with Gasteiger partial charge in [-0.1, -0.05) is 11.6 Å². The van der Waals surface area contributed by atoms with Gasteiger partial charge in [0.2, 0.25) is 5.91 Å². The summed E-state index contributed by atoms with van der Waals surface area (Å²) in [6.45, 7) is 3.91. The minimum Gasteiger partial charge on any atom is -0.368 e. The van der Waals surface area contributed by atoms with Gasteiger partial charge in [-0.15, -0.1) is 0 Å². The van der Waals surface area contributed by atoms with E-state index >= 15 is 0 Å². The zero-order valence-electron chi connectivity index (χ0n) is 13.7. The summed E-state index contributed by atoms with van der Waals surface area (Å²) in [5.41, 5.74) is 0.524. The van der Waals surface area contributed by atoms with E-state index in [1.54, 1.807) is 30.0 Å². The Labute approximate surface area is 149 Å². The van der Waals surface area contributed by atoms with E-state index in [-0.39, 0.29) is 16.5 Å². The molecule has 1 aromatic heterocycles. The minimum absolute atomic E-state index is 0.0826. The average molecular weight is 365 g/mol. The van der Waals surface area contributed by atoms with Crippen molar-refractivity contribution in [3.8, 4) is 0 Å². The molecule has 2 heterocycles. The van der Waals surface area contributed by atoms with Gasteiger partial charge in [-0.3, -0.25) is 9.59 Å². The molecule has 1 amide bonds. The van der Waals surface area contributed by atoms with Crippen LogP contribution in [-0.2, 0) is 4.79 Å². The first-order valence-electron chi connectivity index (χ1n) is 8.00. The molecule has 1 saturated heterocycles. The quantitative estimate of drug-likeness (QED) is 0.835. The van der Waals surface area contributed by atoms with Gasteiger partial charge < -0.3 is 9.80 Å². The number of rotatable bonds is 3. The van der Waals surface area contributed by atoms with Crippen LogP contribution in [0.2, 0.25) is 5.02 Å². The van der Waals surface area contributed by atoms with Gasteiger partial charge in [-0.2, -0.15) is 5.10 Å². The molecule has 0 bridgehead atoms. The zero-order chi connectivity index (χ0) is 18.0. The SMILES string of the molecule is CC(C(=O)N1CCN(c2ccc(F)c(Cl)c2)CC1)n1ncccc1=O. The highest BCUT2D eigenvalue weighted by molar-refractivity contribution is 6.31. The standard InChI is InChI=1S/C17H18ClFN4O2/c1-12(23-16(24)3-2-6-20-23)17(25)22-9-7-21(8-10-22)13-4-5-15(19)14(18)11-13/h2-6,11-12H,7-10H2,1H3. The van der Waals surface area contributed by atoms with Gasteiger partial charge in [0.1, 0.15) is 11.9 Å². The van der Waals surface area contributed by atoms with E-state index < -0.39 is 11.9 Å². The van der Waals surface area contributed by atoms with Crippen molar-refractivity contribution >= 4 is 23.2 Å². The number of carbonyl (C=O) groups excluding carboxylic acids is 1. The van der Waals surface area contributed by atoms with Crippen LogP contribution in [0.4, 0.5) is 10.1 Å². The molecule has 1 atom stereocenters. The summed E-state index contributed by atoms with van der Waals surface area (Å²) in [4.78, 5) is 28.2. The van der Waals surface area contributed by atoms with Crippen molar-refractivity contribution in [3.63, 3.8) is 0 Å². The topological polar surface area (TPSA) is 58.4 Å². The van der Waals surface area contributed by atoms with Crippen LogP contribution >= 0.6 is 11.6 Å². The molecule has 1 fully saturated rings. The largest absolute Gasteiger partial charge is 0.368 e. The van der Waals surface area contributed by atoms with E-state index in [9.17, 15) is 14.0 Å². The fraction of sp³-hybridized carbons (Fsp3) is 0.353. The number of halogens is 2. The number of nitrogens with zero attached hydrogens (tertiary/aromatic N) is 4. The lowest BCUT2D eigenvalue weighted by Crippen LogP contribution is -2.51. The minimum atomic E-state index is -0.652. The van der Waals surface area contributed by atoms with Gasteiger partial charge in [0, 0.05) is 44.1 Å². The molecule has 2 aromatic rings. The normalized spacial score (nSPS) is 16.0. The van der Waals surface area contributed by atoms with Crippen LogP contribution in [0, 0.1) is 5.82 Å². The van der Waals surface area contributed by atoms with Crippen molar-refractivity contribution in [1.82, 2.24) is 14.7 Å². The fourth-order valence-corrected chi connectivity index (χ4v) is 3.07. The maximum atomic E-state index is 13.3. The van der Waals surface area contributed by atoms with Crippen molar-refractivity contribution in [2.75, 3.05) is 31.1 Å². The Balaban J connectivity index is 1.65. The Morgan fingerprint density at radius 3 is 2.60 bits per heavy atom. The molecule has 0 saturated carbocycles. The third-order valence-corrected chi connectivity index (χ3v) is 4.62. The summed E-state index contributed by atoms with van der Waals surface area (Å²) in [6.07, 6.45) is 1.49. The lowest BCUT2D eigenvalue weighted by atomic mass is 10.2. The second-order valence-electron chi connectivity index (χ2n) is 5.89. The third kappa shape index (κ3) is 3.66. The molecule has 8 heteroatoms. The van der Waals surface area contributed by atoms with E-state index in [1.807, 2.05) is 4.90 Å². The van der Waals surface area contributed by atoms with Gasteiger partial charge in [-0.25, -0.2) is 9.07 Å². The first-order chi connectivity index (χ1) is 12.0. The van der Waals surface area contributed by atoms with Crippen LogP contribution in [0.5, 0.6) is 0 Å². The molecular weight excluding hydrogens is 347 g/mol. The van der Waals surface area contributed by atoms with Crippen LogP contribution in [0.25, 0.3) is 0 Å². The first kappa shape index (κ1) is 17.4. The summed E-state index contributed by atoms with van der Waals surface area (Å²) >= 11 is 5.83. The van der Waals surface area contributed by atoms with Crippen LogP contribution < -0.4 is 10.5 Å². The highest BCUT2D eigenvalue weighted by atomic mass is 35.5. The molecule has 6 nitrogen and oxygen atoms in total. The van der Waals surface area contributed by atoms with Crippen molar-refractivity contribution in [1.29, 1.82) is 0 Å². The molecule has 1 aromatic carbocycles. The number of hydrogen-bond donors (Lipinski definition) is 0. The van der Waals surface area contributed by atoms with E-state index in [1.165, 1.54) is 23.0 Å². The second kappa shape index (κ2) is 7.23. The highest BCUT2D eigenvalue weighted by Crippen LogP contribution is 2.24. The maximum absolute atomic E-state index is 13.3. The first-order valence-corrected chi connectivity index (χ1v) is 8.38. The summed E-state index contributed by atoms with van der Waals surface area (Å²) in [6, 6.07) is 6.88. The maximum Gasteiger partial charge on any atom is 0.267 e. The molecule has 3 rings (SSSR count). The molecule has 1 unspecified atom stereocenters. The number of hydrogen-bond acceptors (Lipinski definition) is 4. The Morgan fingerprint density at radius 1 is 1.24 bits per heavy atom. The van der Waals surface area contributed by atoms with E-state index in [2.05, 4.69) is 5.10 Å². The molecule has 132 valence electrons. The Bertz CT molecular complexity index is 833. The summed E-state index contributed by atoms with van der Waals surface area (Å²) in [7, 11) is 0. The predicted octanol–water partition coefficient (Wildman–Crippen LogP) is 1.95. The Kier molecular flexibility index (Phi) is 5.03.